The van der Waals surface area contributed by atoms with Gasteiger partial charge in [0.2, 0.25) is 0 Å². The Morgan fingerprint density at radius 2 is 2.00 bits per heavy atom. The van der Waals surface area contributed by atoms with Crippen LogP contribution in [-0.4, -0.2) is 42.9 Å². The van der Waals surface area contributed by atoms with Crippen molar-refractivity contribution in [2.45, 2.75) is 19.1 Å². The van der Waals surface area contributed by atoms with Crippen LogP contribution in [-0.2, 0) is 17.7 Å². The first-order valence-electron chi connectivity index (χ1n) is 7.23. The van der Waals surface area contributed by atoms with E-state index < -0.39 is 0 Å². The van der Waals surface area contributed by atoms with Gasteiger partial charge in [-0.15, -0.1) is 11.3 Å². The molecule has 21 heavy (non-hydrogen) atoms. The predicted octanol–water partition coefficient (Wildman–Crippen LogP) is 2.80. The van der Waals surface area contributed by atoms with Crippen molar-refractivity contribution in [2.75, 3.05) is 26.8 Å². The fourth-order valence-electron chi connectivity index (χ4n) is 2.33. The van der Waals surface area contributed by atoms with E-state index in [1.807, 2.05) is 18.2 Å². The van der Waals surface area contributed by atoms with Gasteiger partial charge < -0.3 is 9.84 Å². The summed E-state index contributed by atoms with van der Waals surface area (Å²) in [4.78, 5) is 3.57. The van der Waals surface area contributed by atoms with E-state index in [-0.39, 0.29) is 6.10 Å². The topological polar surface area (TPSA) is 32.7 Å². The van der Waals surface area contributed by atoms with Crippen molar-refractivity contribution in [2.24, 2.45) is 0 Å². The number of methoxy groups -OCH3 is 1. The van der Waals surface area contributed by atoms with E-state index in [9.17, 15) is 5.11 Å². The smallest absolute Gasteiger partial charge is 0.0707 e. The highest BCUT2D eigenvalue weighted by atomic mass is 32.1. The molecule has 0 radical (unpaired) electrons. The van der Waals surface area contributed by atoms with Gasteiger partial charge in [-0.1, -0.05) is 36.4 Å². The van der Waals surface area contributed by atoms with Crippen molar-refractivity contribution in [1.82, 2.24) is 4.90 Å². The first kappa shape index (κ1) is 16.2. The predicted molar refractivity (Wildman–Crippen MR) is 87.6 cm³/mol. The van der Waals surface area contributed by atoms with Crippen LogP contribution >= 0.6 is 11.3 Å². The fraction of sp³-hybridized carbons (Fsp3) is 0.412. The van der Waals surface area contributed by atoms with Gasteiger partial charge in [-0.3, -0.25) is 4.90 Å². The minimum Gasteiger partial charge on any atom is -0.391 e. The Morgan fingerprint density at radius 1 is 1.19 bits per heavy atom. The first-order chi connectivity index (χ1) is 10.3. The molecule has 1 aromatic carbocycles. The van der Waals surface area contributed by atoms with Gasteiger partial charge in [-0.25, -0.2) is 0 Å². The summed E-state index contributed by atoms with van der Waals surface area (Å²) in [5.41, 5.74) is 1.17. The van der Waals surface area contributed by atoms with Crippen molar-refractivity contribution in [3.05, 3.63) is 58.3 Å². The molecule has 0 spiro atoms. The molecule has 0 fully saturated rings. The number of aliphatic hydroxyl groups excluding tert-OH is 1. The zero-order valence-electron chi connectivity index (χ0n) is 12.4. The van der Waals surface area contributed by atoms with Gasteiger partial charge in [0.25, 0.3) is 0 Å². The average molecular weight is 305 g/mol. The molecule has 0 bridgehead atoms. The van der Waals surface area contributed by atoms with Gasteiger partial charge in [0.15, 0.2) is 0 Å². The monoisotopic (exact) mass is 305 g/mol. The minimum atomic E-state index is -0.357. The Bertz CT molecular complexity index is 487. The number of aliphatic hydroxyl groups is 1. The lowest BCUT2D eigenvalue weighted by Crippen LogP contribution is -2.35. The minimum absolute atomic E-state index is 0.357. The van der Waals surface area contributed by atoms with Crippen LogP contribution in [0.15, 0.2) is 47.8 Å². The summed E-state index contributed by atoms with van der Waals surface area (Å²) in [6, 6.07) is 14.3. The second-order valence-electron chi connectivity index (χ2n) is 5.15. The molecule has 2 aromatic rings. The van der Waals surface area contributed by atoms with Gasteiger partial charge >= 0.3 is 0 Å². The molecule has 114 valence electrons. The molecule has 1 aromatic heterocycles. The quantitative estimate of drug-likeness (QED) is 0.773. The van der Waals surface area contributed by atoms with E-state index in [4.69, 9.17) is 4.74 Å². The maximum atomic E-state index is 10.3. The average Bonchev–Trinajstić information content (AvgIpc) is 2.98. The third-order valence-corrected chi connectivity index (χ3v) is 4.22. The molecular formula is C17H23NO2S. The van der Waals surface area contributed by atoms with Crippen LogP contribution < -0.4 is 0 Å². The van der Waals surface area contributed by atoms with E-state index in [1.165, 1.54) is 10.4 Å². The van der Waals surface area contributed by atoms with E-state index in [2.05, 4.69) is 34.5 Å². The van der Waals surface area contributed by atoms with Gasteiger partial charge in [0, 0.05) is 31.6 Å². The Hall–Kier alpha value is -1.20. The molecule has 0 aliphatic carbocycles. The second kappa shape index (κ2) is 8.95. The maximum Gasteiger partial charge on any atom is 0.0707 e. The van der Waals surface area contributed by atoms with Crippen molar-refractivity contribution in [3.63, 3.8) is 0 Å². The standard InChI is InChI=1S/C17H23NO2S/c1-20-10-9-18(14-17-8-5-11-21-17)13-16(19)12-15-6-3-2-4-7-15/h2-8,11,16,19H,9-10,12-14H2,1H3. The Labute approximate surface area is 130 Å². The van der Waals surface area contributed by atoms with Crippen molar-refractivity contribution >= 4 is 11.3 Å². The van der Waals surface area contributed by atoms with Crippen LogP contribution in [0.5, 0.6) is 0 Å². The molecule has 0 amide bonds. The molecular weight excluding hydrogens is 282 g/mol. The fourth-order valence-corrected chi connectivity index (χ4v) is 3.07. The molecule has 0 saturated carbocycles. The van der Waals surface area contributed by atoms with Crippen LogP contribution in [0.4, 0.5) is 0 Å². The third-order valence-electron chi connectivity index (χ3n) is 3.35. The molecule has 1 atom stereocenters. The zero-order chi connectivity index (χ0) is 14.9. The summed E-state index contributed by atoms with van der Waals surface area (Å²) in [7, 11) is 1.71. The maximum absolute atomic E-state index is 10.3. The summed E-state index contributed by atoms with van der Waals surface area (Å²) < 4.78 is 5.17. The second-order valence-corrected chi connectivity index (χ2v) is 6.18. The van der Waals surface area contributed by atoms with E-state index in [0.29, 0.717) is 19.6 Å². The molecule has 1 heterocycles. The molecule has 1 unspecified atom stereocenters. The SMILES string of the molecule is COCCN(Cc1cccs1)CC(O)Cc1ccccc1. The van der Waals surface area contributed by atoms with Crippen LogP contribution in [0.1, 0.15) is 10.4 Å². The van der Waals surface area contributed by atoms with E-state index >= 15 is 0 Å². The summed E-state index contributed by atoms with van der Waals surface area (Å²) in [6.07, 6.45) is 0.332. The van der Waals surface area contributed by atoms with Crippen molar-refractivity contribution < 1.29 is 9.84 Å². The molecule has 0 saturated heterocycles. The highest BCUT2D eigenvalue weighted by molar-refractivity contribution is 7.09. The molecule has 0 aliphatic heterocycles. The first-order valence-corrected chi connectivity index (χ1v) is 8.11. The Kier molecular flexibility index (Phi) is 6.89. The third kappa shape index (κ3) is 5.98. The molecule has 3 nitrogen and oxygen atoms in total. The van der Waals surface area contributed by atoms with Gasteiger partial charge in [-0.05, 0) is 23.4 Å². The molecule has 4 heteroatoms. The number of thiophene rings is 1. The Balaban J connectivity index is 1.87. The summed E-state index contributed by atoms with van der Waals surface area (Å²) >= 11 is 1.75. The number of benzene rings is 1. The van der Waals surface area contributed by atoms with Crippen LogP contribution in [0.3, 0.4) is 0 Å². The highest BCUT2D eigenvalue weighted by Gasteiger charge is 2.13. The molecule has 1 N–H and O–H groups in total. The summed E-state index contributed by atoms with van der Waals surface area (Å²) in [5, 5.41) is 12.4. The zero-order valence-corrected chi connectivity index (χ0v) is 13.3. The lowest BCUT2D eigenvalue weighted by atomic mass is 10.1. The number of hydrogen-bond donors (Lipinski definition) is 1. The van der Waals surface area contributed by atoms with Crippen molar-refractivity contribution in [1.29, 1.82) is 0 Å². The number of nitrogens with zero attached hydrogens (tertiary/aromatic N) is 1. The van der Waals surface area contributed by atoms with Gasteiger partial charge in [0.1, 0.15) is 0 Å². The molecule has 2 rings (SSSR count). The number of hydrogen-bond acceptors (Lipinski definition) is 4. The van der Waals surface area contributed by atoms with Crippen molar-refractivity contribution in [3.8, 4) is 0 Å². The van der Waals surface area contributed by atoms with Crippen LogP contribution in [0, 0.1) is 0 Å². The van der Waals surface area contributed by atoms with Crippen LogP contribution in [0.25, 0.3) is 0 Å². The highest BCUT2D eigenvalue weighted by Crippen LogP contribution is 2.13. The number of rotatable bonds is 9. The lowest BCUT2D eigenvalue weighted by molar-refractivity contribution is 0.0857. The van der Waals surface area contributed by atoms with Crippen LogP contribution in [0.2, 0.25) is 0 Å². The molecule has 0 aliphatic rings. The van der Waals surface area contributed by atoms with Gasteiger partial charge in [0.05, 0.1) is 12.7 Å². The Morgan fingerprint density at radius 3 is 2.67 bits per heavy atom. The lowest BCUT2D eigenvalue weighted by Gasteiger charge is -2.24. The van der Waals surface area contributed by atoms with Gasteiger partial charge in [-0.2, -0.15) is 0 Å². The van der Waals surface area contributed by atoms with E-state index in [0.717, 1.165) is 13.1 Å². The number of ether oxygens (including phenoxy) is 1. The summed E-state index contributed by atoms with van der Waals surface area (Å²) in [5.74, 6) is 0. The normalized spacial score (nSPS) is 12.7. The summed E-state index contributed by atoms with van der Waals surface area (Å²) in [6.45, 7) is 3.05. The largest absolute Gasteiger partial charge is 0.391 e. The van der Waals surface area contributed by atoms with E-state index in [1.54, 1.807) is 18.4 Å².